The van der Waals surface area contributed by atoms with Crippen LogP contribution in [0.4, 0.5) is 0 Å². The quantitative estimate of drug-likeness (QED) is 0.400. The molecule has 8 heteroatoms. The highest BCUT2D eigenvalue weighted by atomic mass is 31.2. The molecule has 5 rings (SSSR count). The van der Waals surface area contributed by atoms with Crippen molar-refractivity contribution in [3.63, 3.8) is 0 Å². The van der Waals surface area contributed by atoms with Gasteiger partial charge in [-0.3, -0.25) is 0 Å². The molecule has 0 bridgehead atoms. The smallest absolute Gasteiger partial charge is 0.221 e. The van der Waals surface area contributed by atoms with Gasteiger partial charge in [0, 0.05) is 28.8 Å². The summed E-state index contributed by atoms with van der Waals surface area (Å²) in [5.74, 6) is 0. The number of fused-ring (bicyclic) bond motifs is 2. The van der Waals surface area contributed by atoms with Gasteiger partial charge >= 0.3 is 0 Å². The number of nitrogens with zero attached hydrogens (tertiary/aromatic N) is 6. The number of aromatic nitrogens is 6. The molecule has 0 spiro atoms. The van der Waals surface area contributed by atoms with Crippen molar-refractivity contribution in [2.24, 2.45) is 0 Å². The van der Waals surface area contributed by atoms with E-state index in [-0.39, 0.29) is 0 Å². The monoisotopic (exact) mass is 430 g/mol. The van der Waals surface area contributed by atoms with Crippen LogP contribution in [0.3, 0.4) is 0 Å². The molecule has 5 aromatic rings. The van der Waals surface area contributed by atoms with E-state index in [9.17, 15) is 4.57 Å². The highest BCUT2D eigenvalue weighted by molar-refractivity contribution is 7.70. The molecular weight excluding hydrogens is 407 g/mol. The van der Waals surface area contributed by atoms with Crippen LogP contribution in [-0.2, 0) is 10.1 Å². The molecular formula is C23H23N6OP. The molecule has 0 amide bonds. The van der Waals surface area contributed by atoms with Gasteiger partial charge in [-0.15, -0.1) is 5.10 Å². The highest BCUT2D eigenvalue weighted by Crippen LogP contribution is 2.35. The minimum atomic E-state index is -2.37. The molecule has 0 aliphatic heterocycles. The molecule has 0 aliphatic carbocycles. The highest BCUT2D eigenvalue weighted by Gasteiger charge is 2.28. The molecule has 4 aromatic heterocycles. The zero-order valence-electron chi connectivity index (χ0n) is 17.9. The predicted octanol–water partition coefficient (Wildman–Crippen LogP) is 4.17. The van der Waals surface area contributed by atoms with E-state index in [4.69, 9.17) is 4.98 Å². The van der Waals surface area contributed by atoms with Gasteiger partial charge in [-0.2, -0.15) is 0 Å². The van der Waals surface area contributed by atoms with Crippen molar-refractivity contribution in [3.8, 4) is 11.3 Å². The molecule has 0 saturated heterocycles. The van der Waals surface area contributed by atoms with Gasteiger partial charge in [0.1, 0.15) is 7.14 Å². The van der Waals surface area contributed by atoms with Crippen molar-refractivity contribution in [2.75, 3.05) is 13.3 Å². The Bertz CT molecular complexity index is 1480. The van der Waals surface area contributed by atoms with Crippen molar-refractivity contribution < 1.29 is 4.57 Å². The molecule has 0 atom stereocenters. The lowest BCUT2D eigenvalue weighted by molar-refractivity contribution is 0.389. The van der Waals surface area contributed by atoms with Gasteiger partial charge in [0.25, 0.3) is 0 Å². The fraction of sp³-hybridized carbons (Fsp3) is 0.217. The van der Waals surface area contributed by atoms with Crippen LogP contribution in [-0.4, -0.2) is 42.7 Å². The SMILES string of the molecule is CC(C)(c1ccc2cccn2c1)n1nnc2ncc(-c3cccc(P(C)(C)=O)c3)nc21. The van der Waals surface area contributed by atoms with E-state index in [2.05, 4.69) is 57.9 Å². The molecule has 1 aromatic carbocycles. The van der Waals surface area contributed by atoms with Gasteiger partial charge in [0.15, 0.2) is 5.65 Å². The number of rotatable bonds is 4. The van der Waals surface area contributed by atoms with Crippen LogP contribution in [0.5, 0.6) is 0 Å². The number of benzene rings is 1. The molecule has 4 heterocycles. The van der Waals surface area contributed by atoms with E-state index in [1.807, 2.05) is 41.2 Å². The van der Waals surface area contributed by atoms with Crippen LogP contribution in [0.15, 0.2) is 67.1 Å². The number of hydrogen-bond acceptors (Lipinski definition) is 5. The second kappa shape index (κ2) is 6.86. The van der Waals surface area contributed by atoms with Crippen molar-refractivity contribution in [2.45, 2.75) is 19.4 Å². The zero-order valence-corrected chi connectivity index (χ0v) is 18.8. The molecule has 0 saturated carbocycles. The Hall–Kier alpha value is -3.31. The fourth-order valence-corrected chi connectivity index (χ4v) is 4.64. The minimum Gasteiger partial charge on any atom is -0.324 e. The molecule has 156 valence electrons. The predicted molar refractivity (Wildman–Crippen MR) is 123 cm³/mol. The van der Waals surface area contributed by atoms with Gasteiger partial charge in [-0.25, -0.2) is 14.6 Å². The van der Waals surface area contributed by atoms with Crippen LogP contribution in [0.2, 0.25) is 0 Å². The summed E-state index contributed by atoms with van der Waals surface area (Å²) in [7, 11) is -2.37. The Labute approximate surface area is 180 Å². The first kappa shape index (κ1) is 19.6. The number of hydrogen-bond donors (Lipinski definition) is 0. The van der Waals surface area contributed by atoms with Crippen LogP contribution < -0.4 is 5.30 Å². The Kier molecular flexibility index (Phi) is 4.34. The first-order valence-electron chi connectivity index (χ1n) is 10.1. The first-order chi connectivity index (χ1) is 14.7. The van der Waals surface area contributed by atoms with E-state index in [1.54, 1.807) is 19.5 Å². The van der Waals surface area contributed by atoms with Crippen LogP contribution in [0.1, 0.15) is 19.4 Å². The summed E-state index contributed by atoms with van der Waals surface area (Å²) in [5.41, 5.74) is 4.39. The standard InChI is InChI=1S/C23H23N6OP/c1-23(2,17-10-11-18-8-6-12-28(18)15-17)29-22-21(26-27-29)24-14-20(25-22)16-7-5-9-19(13-16)31(3,4)30/h5-15H,1-4H3. The summed E-state index contributed by atoms with van der Waals surface area (Å²) < 4.78 is 16.4. The Morgan fingerprint density at radius 2 is 1.87 bits per heavy atom. The molecule has 0 aliphatic rings. The average Bonchev–Trinajstić information content (AvgIpc) is 3.39. The van der Waals surface area contributed by atoms with Crippen LogP contribution in [0, 0.1) is 0 Å². The minimum absolute atomic E-state index is 0.492. The lowest BCUT2D eigenvalue weighted by atomic mass is 9.96. The molecule has 0 fully saturated rings. The third-order valence-corrected chi connectivity index (χ3v) is 7.21. The van der Waals surface area contributed by atoms with Gasteiger partial charge in [0.05, 0.1) is 17.4 Å². The third-order valence-electron chi connectivity index (χ3n) is 5.69. The van der Waals surface area contributed by atoms with Gasteiger partial charge in [-0.05, 0) is 57.0 Å². The summed E-state index contributed by atoms with van der Waals surface area (Å²) in [4.78, 5) is 9.34. The van der Waals surface area contributed by atoms with Crippen molar-refractivity contribution in [1.29, 1.82) is 0 Å². The summed E-state index contributed by atoms with van der Waals surface area (Å²) in [6, 6.07) is 16.0. The first-order valence-corrected chi connectivity index (χ1v) is 12.7. The molecule has 0 unspecified atom stereocenters. The Balaban J connectivity index is 1.63. The summed E-state index contributed by atoms with van der Waals surface area (Å²) in [6.07, 6.45) is 5.82. The lowest BCUT2D eigenvalue weighted by Crippen LogP contribution is -2.29. The summed E-state index contributed by atoms with van der Waals surface area (Å²) in [6.45, 7) is 7.71. The van der Waals surface area contributed by atoms with Crippen molar-refractivity contribution >= 4 is 29.3 Å². The zero-order chi connectivity index (χ0) is 21.8. The Morgan fingerprint density at radius 1 is 1.03 bits per heavy atom. The third kappa shape index (κ3) is 3.35. The van der Waals surface area contributed by atoms with Crippen molar-refractivity contribution in [1.82, 2.24) is 29.4 Å². The summed E-state index contributed by atoms with van der Waals surface area (Å²) >= 11 is 0. The topological polar surface area (TPSA) is 78.0 Å². The number of pyridine rings is 1. The van der Waals surface area contributed by atoms with E-state index in [0.717, 1.165) is 21.9 Å². The fourth-order valence-electron chi connectivity index (χ4n) is 3.75. The van der Waals surface area contributed by atoms with Crippen LogP contribution in [0.25, 0.3) is 28.1 Å². The van der Waals surface area contributed by atoms with Gasteiger partial charge < -0.3 is 8.97 Å². The van der Waals surface area contributed by atoms with E-state index >= 15 is 0 Å². The van der Waals surface area contributed by atoms with Gasteiger partial charge in [-0.1, -0.05) is 29.5 Å². The van der Waals surface area contributed by atoms with Crippen LogP contribution >= 0.6 is 7.14 Å². The maximum absolute atomic E-state index is 12.5. The van der Waals surface area contributed by atoms with Gasteiger partial charge in [0.2, 0.25) is 5.65 Å². The van der Waals surface area contributed by atoms with E-state index in [0.29, 0.717) is 17.0 Å². The average molecular weight is 430 g/mol. The molecule has 7 nitrogen and oxygen atoms in total. The summed E-state index contributed by atoms with van der Waals surface area (Å²) in [5, 5.41) is 9.45. The maximum atomic E-state index is 12.5. The largest absolute Gasteiger partial charge is 0.324 e. The second-order valence-electron chi connectivity index (χ2n) is 8.62. The van der Waals surface area contributed by atoms with Crippen molar-refractivity contribution in [3.05, 3.63) is 72.7 Å². The maximum Gasteiger partial charge on any atom is 0.221 e. The second-order valence-corrected chi connectivity index (χ2v) is 11.8. The normalized spacial score (nSPS) is 12.6. The van der Waals surface area contributed by atoms with E-state index in [1.165, 1.54) is 0 Å². The van der Waals surface area contributed by atoms with E-state index < -0.39 is 12.7 Å². The molecule has 0 N–H and O–H groups in total. The molecule has 31 heavy (non-hydrogen) atoms. The lowest BCUT2D eigenvalue weighted by Gasteiger charge is -2.25. The Morgan fingerprint density at radius 3 is 2.68 bits per heavy atom. The molecule has 0 radical (unpaired) electrons.